The lowest BCUT2D eigenvalue weighted by atomic mass is 10.3. The van der Waals surface area contributed by atoms with Crippen LogP contribution in [0.1, 0.15) is 10.5 Å². The van der Waals surface area contributed by atoms with Crippen molar-refractivity contribution >= 4 is 50.0 Å². The molecule has 9 heteroatoms. The molecule has 0 bridgehead atoms. The highest BCUT2D eigenvalue weighted by atomic mass is 32.2. The molecule has 2 heterocycles. The lowest BCUT2D eigenvalue weighted by Gasteiger charge is -2.19. The smallest absolute Gasteiger partial charge is 0.275 e. The van der Waals surface area contributed by atoms with Crippen LogP contribution >= 0.6 is 22.7 Å². The first-order chi connectivity index (χ1) is 14.4. The van der Waals surface area contributed by atoms with Crippen LogP contribution < -0.4 is 9.62 Å². The van der Waals surface area contributed by atoms with Gasteiger partial charge in [-0.15, -0.1) is 11.3 Å². The molecule has 1 amide bonds. The molecule has 0 aliphatic rings. The Labute approximate surface area is 182 Å². The van der Waals surface area contributed by atoms with Crippen LogP contribution in [0.15, 0.2) is 81.7 Å². The van der Waals surface area contributed by atoms with Crippen molar-refractivity contribution in [3.8, 4) is 10.6 Å². The molecule has 0 saturated carbocycles. The normalized spacial score (nSPS) is 11.2. The third-order valence-corrected chi connectivity index (χ3v) is 7.73. The predicted octanol–water partition coefficient (Wildman–Crippen LogP) is 4.95. The highest BCUT2D eigenvalue weighted by Gasteiger charge is 2.22. The molecule has 0 aliphatic carbocycles. The molecule has 1 N–H and O–H groups in total. The van der Waals surface area contributed by atoms with E-state index in [-0.39, 0.29) is 10.6 Å². The van der Waals surface area contributed by atoms with Gasteiger partial charge in [0.25, 0.3) is 15.9 Å². The highest BCUT2D eigenvalue weighted by Crippen LogP contribution is 2.27. The van der Waals surface area contributed by atoms with E-state index in [0.29, 0.717) is 11.4 Å². The number of benzene rings is 2. The van der Waals surface area contributed by atoms with Crippen molar-refractivity contribution < 1.29 is 13.2 Å². The van der Waals surface area contributed by atoms with Gasteiger partial charge in [-0.25, -0.2) is 13.4 Å². The van der Waals surface area contributed by atoms with Gasteiger partial charge in [-0.1, -0.05) is 24.3 Å². The van der Waals surface area contributed by atoms with Crippen LogP contribution in [-0.2, 0) is 10.0 Å². The zero-order valence-electron chi connectivity index (χ0n) is 15.8. The fourth-order valence-electron chi connectivity index (χ4n) is 2.76. The molecule has 2 aromatic carbocycles. The van der Waals surface area contributed by atoms with Crippen LogP contribution in [0, 0.1) is 0 Å². The van der Waals surface area contributed by atoms with Crippen LogP contribution in [-0.4, -0.2) is 26.4 Å². The van der Waals surface area contributed by atoms with Crippen molar-refractivity contribution in [1.29, 1.82) is 0 Å². The minimum atomic E-state index is -3.77. The van der Waals surface area contributed by atoms with Crippen molar-refractivity contribution in [2.24, 2.45) is 0 Å². The number of carbonyl (C=O) groups excluding carboxylic acids is 1. The molecule has 0 saturated heterocycles. The van der Waals surface area contributed by atoms with Crippen LogP contribution in [0.4, 0.5) is 11.4 Å². The van der Waals surface area contributed by atoms with Crippen molar-refractivity contribution in [3.63, 3.8) is 0 Å². The lowest BCUT2D eigenvalue weighted by Crippen LogP contribution is -2.26. The van der Waals surface area contributed by atoms with Gasteiger partial charge in [0.2, 0.25) is 0 Å². The first-order valence-electron chi connectivity index (χ1n) is 8.88. The summed E-state index contributed by atoms with van der Waals surface area (Å²) in [5.41, 5.74) is 2.19. The molecule has 4 aromatic rings. The Morgan fingerprint density at radius 2 is 1.83 bits per heavy atom. The third-order valence-electron chi connectivity index (χ3n) is 4.38. The first-order valence-corrected chi connectivity index (χ1v) is 12.1. The minimum absolute atomic E-state index is 0.0869. The van der Waals surface area contributed by atoms with Gasteiger partial charge >= 0.3 is 0 Å². The zero-order chi connectivity index (χ0) is 21.1. The van der Waals surface area contributed by atoms with Gasteiger partial charge < -0.3 is 5.32 Å². The number of thiophene rings is 1. The Hall–Kier alpha value is -3.01. The van der Waals surface area contributed by atoms with Gasteiger partial charge in [0, 0.05) is 29.1 Å². The number of rotatable bonds is 6. The molecule has 30 heavy (non-hydrogen) atoms. The number of sulfonamides is 1. The van der Waals surface area contributed by atoms with E-state index < -0.39 is 15.9 Å². The number of hydrogen-bond acceptors (Lipinski definition) is 6. The molecule has 0 aliphatic heterocycles. The number of thiazole rings is 1. The lowest BCUT2D eigenvalue weighted by molar-refractivity contribution is 0.102. The van der Waals surface area contributed by atoms with Crippen LogP contribution in [0.3, 0.4) is 0 Å². The second kappa shape index (κ2) is 8.39. The number of nitrogens with one attached hydrogen (secondary N) is 1. The van der Waals surface area contributed by atoms with Crippen molar-refractivity contribution in [3.05, 3.63) is 82.5 Å². The summed E-state index contributed by atoms with van der Waals surface area (Å²) in [5.74, 6) is -0.390. The number of anilines is 2. The fourth-order valence-corrected chi connectivity index (χ4v) is 5.52. The highest BCUT2D eigenvalue weighted by molar-refractivity contribution is 7.92. The molecule has 0 fully saturated rings. The van der Waals surface area contributed by atoms with E-state index >= 15 is 0 Å². The summed E-state index contributed by atoms with van der Waals surface area (Å²) in [6, 6.07) is 16.9. The molecular weight excluding hydrogens is 438 g/mol. The number of aromatic nitrogens is 1. The second-order valence-corrected chi connectivity index (χ2v) is 9.95. The molecule has 2 aromatic heterocycles. The average Bonchev–Trinajstić information content (AvgIpc) is 3.46. The molecule has 0 spiro atoms. The molecule has 0 unspecified atom stereocenters. The molecule has 6 nitrogen and oxygen atoms in total. The van der Waals surface area contributed by atoms with Crippen molar-refractivity contribution in [2.45, 2.75) is 4.90 Å². The van der Waals surface area contributed by atoms with Gasteiger partial charge in [0.15, 0.2) is 0 Å². The first kappa shape index (κ1) is 20.3. The van der Waals surface area contributed by atoms with Crippen molar-refractivity contribution in [2.75, 3.05) is 16.7 Å². The Morgan fingerprint density at radius 3 is 2.57 bits per heavy atom. The minimum Gasteiger partial charge on any atom is -0.321 e. The summed E-state index contributed by atoms with van der Waals surface area (Å²) >= 11 is 2.95. The van der Waals surface area contributed by atoms with Crippen LogP contribution in [0.5, 0.6) is 0 Å². The predicted molar refractivity (Wildman–Crippen MR) is 122 cm³/mol. The quantitative estimate of drug-likeness (QED) is 0.446. The van der Waals surface area contributed by atoms with E-state index in [0.717, 1.165) is 10.6 Å². The Kier molecular flexibility index (Phi) is 5.67. The Balaban J connectivity index is 1.54. The standard InChI is InChI=1S/C21H17N3O3S3/c1-24(17-7-3-2-4-8-17)30(26,27)18-9-5-6-16(12-18)22-20(25)19-14-29-21(23-19)15-10-11-28-13-15/h2-14H,1H3,(H,22,25). The summed E-state index contributed by atoms with van der Waals surface area (Å²) in [7, 11) is -2.27. The van der Waals surface area contributed by atoms with Crippen molar-refractivity contribution in [1.82, 2.24) is 4.98 Å². The van der Waals surface area contributed by atoms with E-state index in [1.807, 2.05) is 22.9 Å². The average molecular weight is 456 g/mol. The maximum absolute atomic E-state index is 13.0. The second-order valence-electron chi connectivity index (χ2n) is 6.34. The summed E-state index contributed by atoms with van der Waals surface area (Å²) in [4.78, 5) is 17.1. The van der Waals surface area contributed by atoms with E-state index in [1.165, 1.54) is 34.8 Å². The number of amides is 1. The summed E-state index contributed by atoms with van der Waals surface area (Å²) in [6.07, 6.45) is 0. The fraction of sp³-hybridized carbons (Fsp3) is 0.0476. The zero-order valence-corrected chi connectivity index (χ0v) is 18.3. The summed E-state index contributed by atoms with van der Waals surface area (Å²) in [5, 5.41) is 9.11. The van der Waals surface area contributed by atoms with E-state index in [2.05, 4.69) is 10.3 Å². The van der Waals surface area contributed by atoms with E-state index in [4.69, 9.17) is 0 Å². The number of carbonyl (C=O) groups is 1. The van der Waals surface area contributed by atoms with Crippen LogP contribution in [0.2, 0.25) is 0 Å². The van der Waals surface area contributed by atoms with Gasteiger partial charge in [-0.3, -0.25) is 9.10 Å². The summed E-state index contributed by atoms with van der Waals surface area (Å²) < 4.78 is 27.2. The topological polar surface area (TPSA) is 79.4 Å². The van der Waals surface area contributed by atoms with Gasteiger partial charge in [0.1, 0.15) is 10.7 Å². The maximum atomic E-state index is 13.0. The van der Waals surface area contributed by atoms with Gasteiger partial charge in [-0.2, -0.15) is 11.3 Å². The SMILES string of the molecule is CN(c1ccccc1)S(=O)(=O)c1cccc(NC(=O)c2csc(-c3ccsc3)n2)c1. The maximum Gasteiger partial charge on any atom is 0.275 e. The monoisotopic (exact) mass is 455 g/mol. The molecular formula is C21H17N3O3S3. The largest absolute Gasteiger partial charge is 0.321 e. The van der Waals surface area contributed by atoms with E-state index in [1.54, 1.807) is 53.1 Å². The van der Waals surface area contributed by atoms with Gasteiger partial charge in [-0.05, 0) is 41.8 Å². The third kappa shape index (κ3) is 4.13. The summed E-state index contributed by atoms with van der Waals surface area (Å²) in [6.45, 7) is 0. The molecule has 0 atom stereocenters. The molecule has 152 valence electrons. The molecule has 4 rings (SSSR count). The van der Waals surface area contributed by atoms with Gasteiger partial charge in [0.05, 0.1) is 10.6 Å². The number of para-hydroxylation sites is 1. The van der Waals surface area contributed by atoms with E-state index in [9.17, 15) is 13.2 Å². The molecule has 0 radical (unpaired) electrons. The number of hydrogen-bond donors (Lipinski definition) is 1. The Morgan fingerprint density at radius 1 is 1.03 bits per heavy atom. The Bertz CT molecular complexity index is 1270. The van der Waals surface area contributed by atoms with Crippen LogP contribution in [0.25, 0.3) is 10.6 Å². The number of nitrogens with zero attached hydrogens (tertiary/aromatic N) is 2.